The van der Waals surface area contributed by atoms with Crippen LogP contribution in [0.5, 0.6) is 5.75 Å². The standard InChI is InChI=1S/C31H40BrNO6Si/c1-30(2,3)40(22-14-10-8-11-15-22,23-16-12-9-13-17-23)39-20-31(4)25(36-6)19-33-18-24(32)27(34)28(37-7)26(33)29(31)38-21-35-5/h8-18,25,29H,19-21H2,1-7H3. The summed E-state index contributed by atoms with van der Waals surface area (Å²) in [5.41, 5.74) is -0.283. The number of ether oxygens (including phenoxy) is 4. The van der Waals surface area contributed by atoms with Gasteiger partial charge in [0.1, 0.15) is 12.9 Å². The van der Waals surface area contributed by atoms with Gasteiger partial charge >= 0.3 is 0 Å². The van der Waals surface area contributed by atoms with E-state index in [2.05, 4.69) is 92.2 Å². The first-order valence-corrected chi connectivity index (χ1v) is 16.1. The minimum Gasteiger partial charge on any atom is -0.491 e. The molecule has 0 radical (unpaired) electrons. The van der Waals surface area contributed by atoms with Gasteiger partial charge in [-0.2, -0.15) is 0 Å². The van der Waals surface area contributed by atoms with E-state index in [0.717, 1.165) is 0 Å². The van der Waals surface area contributed by atoms with E-state index in [-0.39, 0.29) is 29.1 Å². The maximum Gasteiger partial charge on any atom is 0.261 e. The Balaban J connectivity index is 1.90. The fraction of sp³-hybridized carbons (Fsp3) is 0.452. The molecule has 1 aliphatic heterocycles. The van der Waals surface area contributed by atoms with Gasteiger partial charge in [-0.15, -0.1) is 0 Å². The molecular formula is C31H40BrNO6Si. The van der Waals surface area contributed by atoms with Gasteiger partial charge in [-0.1, -0.05) is 88.4 Å². The maximum atomic E-state index is 13.1. The highest BCUT2D eigenvalue weighted by atomic mass is 79.9. The Labute approximate surface area is 246 Å². The van der Waals surface area contributed by atoms with Crippen molar-refractivity contribution in [1.29, 1.82) is 0 Å². The molecule has 0 bridgehead atoms. The normalized spacial score (nSPS) is 21.2. The Morgan fingerprint density at radius 2 is 1.57 bits per heavy atom. The molecule has 0 saturated heterocycles. The predicted molar refractivity (Wildman–Crippen MR) is 163 cm³/mol. The molecule has 40 heavy (non-hydrogen) atoms. The fourth-order valence-electron chi connectivity index (χ4n) is 6.05. The number of pyridine rings is 1. The SMILES string of the molecule is COCOC1c2c(OC)c(=O)c(Br)cn2CC(OC)C1(C)CO[Si](c1ccccc1)(c1ccccc1)C(C)(C)C. The molecule has 4 rings (SSSR count). The lowest BCUT2D eigenvalue weighted by atomic mass is 9.75. The van der Waals surface area contributed by atoms with Crippen molar-refractivity contribution in [1.82, 2.24) is 4.57 Å². The Morgan fingerprint density at radius 1 is 1.00 bits per heavy atom. The van der Waals surface area contributed by atoms with Crippen LogP contribution in [0.1, 0.15) is 39.5 Å². The minimum absolute atomic E-state index is 0.0311. The van der Waals surface area contributed by atoms with Crippen molar-refractivity contribution in [2.24, 2.45) is 5.41 Å². The summed E-state index contributed by atoms with van der Waals surface area (Å²) < 4.78 is 33.3. The zero-order valence-electron chi connectivity index (χ0n) is 24.4. The van der Waals surface area contributed by atoms with Gasteiger partial charge in [0.05, 0.1) is 23.4 Å². The average Bonchev–Trinajstić information content (AvgIpc) is 2.94. The van der Waals surface area contributed by atoms with Crippen LogP contribution in [0.25, 0.3) is 0 Å². The van der Waals surface area contributed by atoms with Crippen molar-refractivity contribution >= 4 is 34.6 Å². The smallest absolute Gasteiger partial charge is 0.261 e. The fourth-order valence-corrected chi connectivity index (χ4v) is 11.2. The van der Waals surface area contributed by atoms with E-state index in [0.29, 0.717) is 23.3 Å². The molecule has 7 nitrogen and oxygen atoms in total. The van der Waals surface area contributed by atoms with Gasteiger partial charge in [-0.3, -0.25) is 4.79 Å². The summed E-state index contributed by atoms with van der Waals surface area (Å²) in [4.78, 5) is 13.1. The molecule has 2 heterocycles. The highest BCUT2D eigenvalue weighted by Gasteiger charge is 2.55. The molecule has 3 aromatic rings. The van der Waals surface area contributed by atoms with Crippen molar-refractivity contribution in [2.45, 2.75) is 51.5 Å². The van der Waals surface area contributed by atoms with Gasteiger partial charge in [0, 0.05) is 39.0 Å². The van der Waals surface area contributed by atoms with Crippen molar-refractivity contribution < 1.29 is 23.4 Å². The molecule has 0 spiro atoms. The van der Waals surface area contributed by atoms with Gasteiger partial charge in [0.15, 0.2) is 5.75 Å². The highest BCUT2D eigenvalue weighted by molar-refractivity contribution is 9.10. The third kappa shape index (κ3) is 5.35. The Kier molecular flexibility index (Phi) is 9.44. The largest absolute Gasteiger partial charge is 0.491 e. The molecule has 3 unspecified atom stereocenters. The molecule has 0 amide bonds. The van der Waals surface area contributed by atoms with Crippen LogP contribution in [0.3, 0.4) is 0 Å². The first kappa shape index (κ1) is 30.7. The molecule has 0 N–H and O–H groups in total. The predicted octanol–water partition coefficient (Wildman–Crippen LogP) is 4.89. The summed E-state index contributed by atoms with van der Waals surface area (Å²) in [7, 11) is 1.93. The Morgan fingerprint density at radius 3 is 2.05 bits per heavy atom. The zero-order valence-corrected chi connectivity index (χ0v) is 27.0. The second kappa shape index (κ2) is 12.3. The molecule has 1 aromatic heterocycles. The number of fused-ring (bicyclic) bond motifs is 1. The van der Waals surface area contributed by atoms with E-state index in [4.69, 9.17) is 23.4 Å². The van der Waals surface area contributed by atoms with Crippen LogP contribution in [-0.4, -0.2) is 53.7 Å². The maximum absolute atomic E-state index is 13.1. The molecule has 0 fully saturated rings. The lowest BCUT2D eigenvalue weighted by molar-refractivity contribution is -0.181. The number of hydrogen-bond donors (Lipinski definition) is 0. The van der Waals surface area contributed by atoms with E-state index >= 15 is 0 Å². The van der Waals surface area contributed by atoms with E-state index in [1.807, 2.05) is 16.7 Å². The monoisotopic (exact) mass is 629 g/mol. The molecule has 0 saturated carbocycles. The summed E-state index contributed by atoms with van der Waals surface area (Å²) in [6.07, 6.45) is 0.872. The lowest BCUT2D eigenvalue weighted by Gasteiger charge is -2.50. The zero-order chi connectivity index (χ0) is 29.1. The summed E-state index contributed by atoms with van der Waals surface area (Å²) in [6, 6.07) is 21.1. The van der Waals surface area contributed by atoms with Gasteiger partial charge < -0.3 is 27.9 Å². The number of nitrogens with zero attached hydrogens (tertiary/aromatic N) is 1. The number of rotatable bonds is 10. The van der Waals surface area contributed by atoms with Crippen molar-refractivity contribution in [3.63, 3.8) is 0 Å². The number of hydrogen-bond acceptors (Lipinski definition) is 6. The van der Waals surface area contributed by atoms with E-state index in [1.54, 1.807) is 20.4 Å². The third-order valence-corrected chi connectivity index (χ3v) is 13.6. The minimum atomic E-state index is -2.87. The Bertz CT molecular complexity index is 1300. The first-order valence-electron chi connectivity index (χ1n) is 13.4. The third-order valence-electron chi connectivity index (χ3n) is 8.04. The number of halogens is 1. The van der Waals surface area contributed by atoms with E-state index in [9.17, 15) is 4.79 Å². The topological polar surface area (TPSA) is 68.2 Å². The van der Waals surface area contributed by atoms with Crippen molar-refractivity contribution in [3.05, 3.63) is 87.3 Å². The quantitative estimate of drug-likeness (QED) is 0.235. The molecule has 216 valence electrons. The average molecular weight is 631 g/mol. The number of aromatic nitrogens is 1. The summed E-state index contributed by atoms with van der Waals surface area (Å²) in [5, 5.41) is 2.17. The highest BCUT2D eigenvalue weighted by Crippen LogP contribution is 2.49. The molecule has 1 aliphatic rings. The first-order chi connectivity index (χ1) is 19.0. The molecular weight excluding hydrogens is 590 g/mol. The Hall–Kier alpha value is -2.27. The van der Waals surface area contributed by atoms with Gasteiger partial charge in [0.2, 0.25) is 5.43 Å². The van der Waals surface area contributed by atoms with Crippen LogP contribution in [0.15, 0.2) is 76.1 Å². The van der Waals surface area contributed by atoms with Crippen molar-refractivity contribution in [3.8, 4) is 5.75 Å². The second-order valence-electron chi connectivity index (χ2n) is 11.5. The van der Waals surface area contributed by atoms with Crippen LogP contribution >= 0.6 is 15.9 Å². The number of benzene rings is 2. The second-order valence-corrected chi connectivity index (χ2v) is 16.7. The van der Waals surface area contributed by atoms with Gasteiger partial charge in [-0.05, 0) is 31.3 Å². The molecule has 2 aromatic carbocycles. The van der Waals surface area contributed by atoms with Crippen LogP contribution in [0.4, 0.5) is 0 Å². The summed E-state index contributed by atoms with van der Waals surface area (Å²) >= 11 is 3.40. The van der Waals surface area contributed by atoms with E-state index < -0.39 is 19.8 Å². The van der Waals surface area contributed by atoms with Crippen LogP contribution in [0.2, 0.25) is 5.04 Å². The molecule has 9 heteroatoms. The summed E-state index contributed by atoms with van der Waals surface area (Å²) in [6.45, 7) is 9.72. The summed E-state index contributed by atoms with van der Waals surface area (Å²) in [5.74, 6) is 0.238. The number of methoxy groups -OCH3 is 3. The molecule has 0 aliphatic carbocycles. The van der Waals surface area contributed by atoms with Crippen molar-refractivity contribution in [2.75, 3.05) is 34.7 Å². The van der Waals surface area contributed by atoms with E-state index in [1.165, 1.54) is 17.5 Å². The van der Waals surface area contributed by atoms with Crippen LogP contribution in [0, 0.1) is 5.41 Å². The van der Waals surface area contributed by atoms with Gasteiger partial charge in [-0.25, -0.2) is 0 Å². The van der Waals surface area contributed by atoms with Crippen LogP contribution in [-0.2, 0) is 25.2 Å². The lowest BCUT2D eigenvalue weighted by Crippen LogP contribution is -2.68. The van der Waals surface area contributed by atoms with Crippen LogP contribution < -0.4 is 20.5 Å². The molecule has 3 atom stereocenters. The van der Waals surface area contributed by atoms with Gasteiger partial charge in [0.25, 0.3) is 8.32 Å².